The molecule has 0 saturated heterocycles. The van der Waals surface area contributed by atoms with Gasteiger partial charge in [0.2, 0.25) is 5.91 Å². The van der Waals surface area contributed by atoms with Gasteiger partial charge in [-0.15, -0.1) is 0 Å². The summed E-state index contributed by atoms with van der Waals surface area (Å²) in [6, 6.07) is 8.33. The van der Waals surface area contributed by atoms with E-state index in [1.807, 2.05) is 12.1 Å². The second-order valence-electron chi connectivity index (χ2n) is 4.85. The van der Waals surface area contributed by atoms with E-state index >= 15 is 0 Å². The van der Waals surface area contributed by atoms with Crippen molar-refractivity contribution in [2.45, 2.75) is 25.6 Å². The van der Waals surface area contributed by atoms with E-state index in [-0.39, 0.29) is 11.9 Å². The molecule has 0 aliphatic carbocycles. The molecule has 4 heteroatoms. The molecule has 0 saturated carbocycles. The zero-order valence-corrected chi connectivity index (χ0v) is 11.0. The van der Waals surface area contributed by atoms with Crippen molar-refractivity contribution in [3.05, 3.63) is 35.4 Å². The quantitative estimate of drug-likeness (QED) is 0.853. The van der Waals surface area contributed by atoms with E-state index in [0.29, 0.717) is 19.6 Å². The van der Waals surface area contributed by atoms with Gasteiger partial charge in [-0.05, 0) is 11.1 Å². The summed E-state index contributed by atoms with van der Waals surface area (Å²) in [5.41, 5.74) is 2.47. The fourth-order valence-corrected chi connectivity index (χ4v) is 2.02. The number of hydrogen-bond donors (Lipinski definition) is 1. The minimum atomic E-state index is 0.0910. The van der Waals surface area contributed by atoms with Crippen LogP contribution in [0.4, 0.5) is 0 Å². The predicted octanol–water partition coefficient (Wildman–Crippen LogP) is 1.15. The van der Waals surface area contributed by atoms with Crippen molar-refractivity contribution < 1.29 is 9.53 Å². The highest BCUT2D eigenvalue weighted by molar-refractivity contribution is 5.76. The highest BCUT2D eigenvalue weighted by atomic mass is 16.5. The molecule has 1 aromatic rings. The van der Waals surface area contributed by atoms with Crippen LogP contribution in [0.15, 0.2) is 24.3 Å². The summed E-state index contributed by atoms with van der Waals surface area (Å²) in [5.74, 6) is 0.130. The molecule has 4 nitrogen and oxygen atoms in total. The van der Waals surface area contributed by atoms with Crippen molar-refractivity contribution in [2.24, 2.45) is 0 Å². The summed E-state index contributed by atoms with van der Waals surface area (Å²) in [6.45, 7) is 2.00. The first kappa shape index (κ1) is 13.1. The molecule has 0 aromatic heterocycles. The van der Waals surface area contributed by atoms with E-state index in [2.05, 4.69) is 17.4 Å². The fourth-order valence-electron chi connectivity index (χ4n) is 2.02. The first-order chi connectivity index (χ1) is 8.66. The van der Waals surface area contributed by atoms with Gasteiger partial charge in [0, 0.05) is 33.1 Å². The molecule has 1 N–H and O–H groups in total. The van der Waals surface area contributed by atoms with Crippen molar-refractivity contribution in [1.29, 1.82) is 0 Å². The average Bonchev–Trinajstić information content (AvgIpc) is 2.33. The number of fused-ring (bicyclic) bond motifs is 1. The second kappa shape index (κ2) is 5.98. The third-order valence-corrected chi connectivity index (χ3v) is 3.20. The summed E-state index contributed by atoms with van der Waals surface area (Å²) < 4.78 is 5.66. The molecule has 1 aliphatic heterocycles. The molecule has 0 radical (unpaired) electrons. The van der Waals surface area contributed by atoms with Crippen LogP contribution in [0.1, 0.15) is 17.5 Å². The van der Waals surface area contributed by atoms with Gasteiger partial charge in [0.05, 0.1) is 13.2 Å². The molecule has 0 fully saturated rings. The monoisotopic (exact) mass is 248 g/mol. The van der Waals surface area contributed by atoms with E-state index < -0.39 is 0 Å². The predicted molar refractivity (Wildman–Crippen MR) is 70.0 cm³/mol. The Kier molecular flexibility index (Phi) is 4.33. The Morgan fingerprint density at radius 3 is 2.83 bits per heavy atom. The van der Waals surface area contributed by atoms with Gasteiger partial charge in [-0.2, -0.15) is 0 Å². The first-order valence-electron chi connectivity index (χ1n) is 6.25. The number of benzene rings is 1. The lowest BCUT2D eigenvalue weighted by Crippen LogP contribution is -2.39. The van der Waals surface area contributed by atoms with Gasteiger partial charge >= 0.3 is 0 Å². The number of carbonyl (C=O) groups excluding carboxylic acids is 1. The third kappa shape index (κ3) is 3.31. The molecule has 1 aromatic carbocycles. The van der Waals surface area contributed by atoms with Crippen molar-refractivity contribution in [3.8, 4) is 0 Å². The normalized spacial score (nSPS) is 19.6. The topological polar surface area (TPSA) is 41.6 Å². The van der Waals surface area contributed by atoms with Crippen LogP contribution < -0.4 is 5.32 Å². The number of rotatable bonds is 2. The maximum Gasteiger partial charge on any atom is 0.223 e. The number of nitrogens with zero attached hydrogens (tertiary/aromatic N) is 1. The van der Waals surface area contributed by atoms with Gasteiger partial charge in [0.25, 0.3) is 0 Å². The Hall–Kier alpha value is -1.39. The molecule has 98 valence electrons. The van der Waals surface area contributed by atoms with E-state index in [4.69, 9.17) is 4.74 Å². The molecule has 1 amide bonds. The van der Waals surface area contributed by atoms with Gasteiger partial charge in [0.15, 0.2) is 0 Å². The van der Waals surface area contributed by atoms with Gasteiger partial charge in [-0.25, -0.2) is 0 Å². The van der Waals surface area contributed by atoms with Crippen molar-refractivity contribution in [1.82, 2.24) is 10.2 Å². The lowest BCUT2D eigenvalue weighted by molar-refractivity contribution is -0.129. The largest absolute Gasteiger partial charge is 0.375 e. The Labute approximate surface area is 108 Å². The van der Waals surface area contributed by atoms with Crippen LogP contribution in [0, 0.1) is 0 Å². The van der Waals surface area contributed by atoms with Gasteiger partial charge in [-0.1, -0.05) is 24.3 Å². The lowest BCUT2D eigenvalue weighted by atomic mass is 10.1. The van der Waals surface area contributed by atoms with Crippen LogP contribution in [-0.4, -0.2) is 37.6 Å². The maximum atomic E-state index is 11.7. The van der Waals surface area contributed by atoms with E-state index in [9.17, 15) is 4.79 Å². The number of hydrogen-bond acceptors (Lipinski definition) is 3. The van der Waals surface area contributed by atoms with Gasteiger partial charge in [-0.3, -0.25) is 4.79 Å². The van der Waals surface area contributed by atoms with Crippen LogP contribution in [0.2, 0.25) is 0 Å². The summed E-state index contributed by atoms with van der Waals surface area (Å²) in [7, 11) is 3.56. The minimum Gasteiger partial charge on any atom is -0.375 e. The smallest absolute Gasteiger partial charge is 0.223 e. The van der Waals surface area contributed by atoms with Crippen LogP contribution in [0.3, 0.4) is 0 Å². The summed E-state index contributed by atoms with van der Waals surface area (Å²) in [6.07, 6.45) is 0.481. The second-order valence-corrected chi connectivity index (χ2v) is 4.85. The number of carbonyl (C=O) groups is 1. The van der Waals surface area contributed by atoms with Crippen LogP contribution in [0.25, 0.3) is 0 Å². The Morgan fingerprint density at radius 2 is 2.11 bits per heavy atom. The lowest BCUT2D eigenvalue weighted by Gasteiger charge is -2.24. The van der Waals surface area contributed by atoms with Crippen LogP contribution in [0.5, 0.6) is 0 Å². The average molecular weight is 248 g/mol. The van der Waals surface area contributed by atoms with Crippen molar-refractivity contribution in [2.75, 3.05) is 20.7 Å². The van der Waals surface area contributed by atoms with E-state index in [1.54, 1.807) is 19.0 Å². The zero-order valence-electron chi connectivity index (χ0n) is 11.0. The molecule has 1 aliphatic rings. The van der Waals surface area contributed by atoms with Crippen LogP contribution in [-0.2, 0) is 22.7 Å². The first-order valence-corrected chi connectivity index (χ1v) is 6.25. The number of amides is 1. The molecule has 1 heterocycles. The molecular weight excluding hydrogens is 228 g/mol. The SMILES string of the molecule is CN(C)C(=O)C[C@@H]1COCc2ccccc2CN1. The minimum absolute atomic E-state index is 0.0910. The van der Waals surface area contributed by atoms with Crippen molar-refractivity contribution >= 4 is 5.91 Å². The molecule has 1 atom stereocenters. The number of ether oxygens (including phenoxy) is 1. The molecular formula is C14H20N2O2. The maximum absolute atomic E-state index is 11.7. The Bertz CT molecular complexity index is 418. The highest BCUT2D eigenvalue weighted by Crippen LogP contribution is 2.13. The summed E-state index contributed by atoms with van der Waals surface area (Å²) in [5, 5.41) is 3.39. The van der Waals surface area contributed by atoms with E-state index in [1.165, 1.54) is 11.1 Å². The molecule has 0 bridgehead atoms. The van der Waals surface area contributed by atoms with Crippen LogP contribution >= 0.6 is 0 Å². The third-order valence-electron chi connectivity index (χ3n) is 3.20. The molecule has 18 heavy (non-hydrogen) atoms. The van der Waals surface area contributed by atoms with Gasteiger partial charge < -0.3 is 15.0 Å². The molecule has 2 rings (SSSR count). The highest BCUT2D eigenvalue weighted by Gasteiger charge is 2.17. The zero-order chi connectivity index (χ0) is 13.0. The molecule has 0 unspecified atom stereocenters. The summed E-state index contributed by atoms with van der Waals surface area (Å²) in [4.78, 5) is 13.3. The van der Waals surface area contributed by atoms with E-state index in [0.717, 1.165) is 6.54 Å². The fraction of sp³-hybridized carbons (Fsp3) is 0.500. The van der Waals surface area contributed by atoms with Crippen molar-refractivity contribution in [3.63, 3.8) is 0 Å². The summed E-state index contributed by atoms with van der Waals surface area (Å²) >= 11 is 0. The standard InChI is InChI=1S/C14H20N2O2/c1-16(2)14(17)7-13-10-18-9-12-6-4-3-5-11(12)8-15-13/h3-6,13,15H,7-10H2,1-2H3/t13-/m1/s1. The molecule has 0 spiro atoms. The Morgan fingerprint density at radius 1 is 1.39 bits per heavy atom. The Balaban J connectivity index is 1.98. The van der Waals surface area contributed by atoms with Gasteiger partial charge in [0.1, 0.15) is 0 Å². The number of nitrogens with one attached hydrogen (secondary N) is 1.